The van der Waals surface area contributed by atoms with E-state index in [0.717, 1.165) is 0 Å². The zero-order valence-corrected chi connectivity index (χ0v) is 8.24. The number of hydrogen-bond donors (Lipinski definition) is 5. The molecule has 0 spiro atoms. The summed E-state index contributed by atoms with van der Waals surface area (Å²) in [5, 5.41) is 45.1. The molecule has 0 saturated carbocycles. The van der Waals surface area contributed by atoms with Gasteiger partial charge in [0.25, 0.3) is 0 Å². The molecule has 0 aliphatic carbocycles. The van der Waals surface area contributed by atoms with Gasteiger partial charge in [0.15, 0.2) is 0 Å². The van der Waals surface area contributed by atoms with Crippen LogP contribution in [0.15, 0.2) is 0 Å². The molecule has 14 heavy (non-hydrogen) atoms. The largest absolute Gasteiger partial charge is 0.394 e. The van der Waals surface area contributed by atoms with Crippen molar-refractivity contribution in [2.45, 2.75) is 44.2 Å². The first-order chi connectivity index (χ1) is 6.52. The molecule has 0 rings (SSSR count). The van der Waals surface area contributed by atoms with E-state index >= 15 is 0 Å². The average Bonchev–Trinajstić information content (AvgIpc) is 2.22. The quantitative estimate of drug-likeness (QED) is 0.347. The summed E-state index contributed by atoms with van der Waals surface area (Å²) in [7, 11) is 0. The van der Waals surface area contributed by atoms with Crippen molar-refractivity contribution in [3.05, 3.63) is 6.42 Å². The SMILES string of the molecule is CCC(O)C(O)C[CH]C(O)C(O)CO. The van der Waals surface area contributed by atoms with Crippen LogP contribution in [0.2, 0.25) is 0 Å². The van der Waals surface area contributed by atoms with Gasteiger partial charge in [0.05, 0.1) is 24.9 Å². The maximum atomic E-state index is 9.28. The van der Waals surface area contributed by atoms with Crippen molar-refractivity contribution in [2.75, 3.05) is 6.61 Å². The summed E-state index contributed by atoms with van der Waals surface area (Å²) in [5.41, 5.74) is 0. The molecule has 0 amide bonds. The third-order valence-electron chi connectivity index (χ3n) is 2.06. The molecule has 5 heteroatoms. The highest BCUT2D eigenvalue weighted by molar-refractivity contribution is 4.85. The fraction of sp³-hybridized carbons (Fsp3) is 0.889. The predicted molar refractivity (Wildman–Crippen MR) is 50.3 cm³/mol. The van der Waals surface area contributed by atoms with Crippen LogP contribution in [0, 0.1) is 6.42 Å². The minimum Gasteiger partial charge on any atom is -0.394 e. The molecule has 4 unspecified atom stereocenters. The molecule has 0 saturated heterocycles. The molecule has 0 aromatic carbocycles. The van der Waals surface area contributed by atoms with Gasteiger partial charge in [-0.05, 0) is 19.3 Å². The van der Waals surface area contributed by atoms with E-state index in [1.54, 1.807) is 6.92 Å². The molecule has 0 aromatic heterocycles. The molecular weight excluding hydrogens is 188 g/mol. The van der Waals surface area contributed by atoms with Gasteiger partial charge >= 0.3 is 0 Å². The standard InChI is InChI=1S/C9H19O5/c1-2-6(11)7(12)3-4-8(13)9(14)5-10/h4,6-14H,2-3,5H2,1H3. The molecule has 0 aliphatic rings. The molecule has 0 bridgehead atoms. The van der Waals surface area contributed by atoms with Gasteiger partial charge in [-0.2, -0.15) is 0 Å². The Bertz CT molecular complexity index is 125. The van der Waals surface area contributed by atoms with E-state index in [0.29, 0.717) is 6.42 Å². The monoisotopic (exact) mass is 207 g/mol. The number of hydrogen-bond acceptors (Lipinski definition) is 5. The zero-order valence-electron chi connectivity index (χ0n) is 8.24. The van der Waals surface area contributed by atoms with E-state index in [1.165, 1.54) is 6.42 Å². The van der Waals surface area contributed by atoms with E-state index in [2.05, 4.69) is 0 Å². The average molecular weight is 207 g/mol. The number of aliphatic hydroxyl groups is 5. The fourth-order valence-corrected chi connectivity index (χ4v) is 0.973. The van der Waals surface area contributed by atoms with Crippen LogP contribution in [0.4, 0.5) is 0 Å². The van der Waals surface area contributed by atoms with Crippen LogP contribution in [-0.2, 0) is 0 Å². The van der Waals surface area contributed by atoms with Crippen molar-refractivity contribution >= 4 is 0 Å². The fourth-order valence-electron chi connectivity index (χ4n) is 0.973. The van der Waals surface area contributed by atoms with Gasteiger partial charge in [-0.25, -0.2) is 0 Å². The van der Waals surface area contributed by atoms with Gasteiger partial charge in [0, 0.05) is 0 Å². The second-order valence-electron chi connectivity index (χ2n) is 3.25. The summed E-state index contributed by atoms with van der Waals surface area (Å²) >= 11 is 0. The Morgan fingerprint density at radius 1 is 1.00 bits per heavy atom. The summed E-state index contributed by atoms with van der Waals surface area (Å²) in [5.74, 6) is 0. The number of aliphatic hydroxyl groups excluding tert-OH is 5. The highest BCUT2D eigenvalue weighted by atomic mass is 16.4. The lowest BCUT2D eigenvalue weighted by molar-refractivity contribution is -0.0135. The Kier molecular flexibility index (Phi) is 7.04. The third kappa shape index (κ3) is 4.88. The van der Waals surface area contributed by atoms with Crippen molar-refractivity contribution in [1.82, 2.24) is 0 Å². The highest BCUT2D eigenvalue weighted by Gasteiger charge is 2.20. The van der Waals surface area contributed by atoms with Crippen molar-refractivity contribution in [3.8, 4) is 0 Å². The second kappa shape index (κ2) is 7.14. The van der Waals surface area contributed by atoms with Gasteiger partial charge in [0.1, 0.15) is 6.10 Å². The van der Waals surface area contributed by atoms with Crippen LogP contribution in [0.5, 0.6) is 0 Å². The third-order valence-corrected chi connectivity index (χ3v) is 2.06. The van der Waals surface area contributed by atoms with Gasteiger partial charge < -0.3 is 25.5 Å². The van der Waals surface area contributed by atoms with Crippen LogP contribution >= 0.6 is 0 Å². The normalized spacial score (nSPS) is 20.1. The second-order valence-corrected chi connectivity index (χ2v) is 3.25. The molecule has 1 radical (unpaired) electrons. The van der Waals surface area contributed by atoms with Gasteiger partial charge in [0.2, 0.25) is 0 Å². The van der Waals surface area contributed by atoms with Crippen molar-refractivity contribution in [1.29, 1.82) is 0 Å². The van der Waals surface area contributed by atoms with E-state index in [-0.39, 0.29) is 6.42 Å². The van der Waals surface area contributed by atoms with E-state index in [9.17, 15) is 10.2 Å². The Morgan fingerprint density at radius 3 is 2.00 bits per heavy atom. The Balaban J connectivity index is 3.70. The lowest BCUT2D eigenvalue weighted by atomic mass is 10.0. The molecule has 5 N–H and O–H groups in total. The van der Waals surface area contributed by atoms with Crippen LogP contribution < -0.4 is 0 Å². The summed E-state index contributed by atoms with van der Waals surface area (Å²) in [6.07, 6.45) is -2.42. The van der Waals surface area contributed by atoms with E-state index in [1.807, 2.05) is 0 Å². The molecule has 0 heterocycles. The van der Waals surface area contributed by atoms with Crippen molar-refractivity contribution < 1.29 is 25.5 Å². The van der Waals surface area contributed by atoms with Gasteiger partial charge in [-0.15, -0.1) is 0 Å². The number of rotatable bonds is 7. The molecule has 4 atom stereocenters. The summed E-state index contributed by atoms with van der Waals surface area (Å²) in [6, 6.07) is 0. The minimum atomic E-state index is -1.24. The molecular formula is C9H19O5. The minimum absolute atomic E-state index is 0.0766. The first-order valence-corrected chi connectivity index (χ1v) is 4.69. The van der Waals surface area contributed by atoms with Crippen molar-refractivity contribution in [3.63, 3.8) is 0 Å². The first kappa shape index (κ1) is 13.8. The lowest BCUT2D eigenvalue weighted by Gasteiger charge is -2.19. The van der Waals surface area contributed by atoms with Crippen LogP contribution in [0.1, 0.15) is 19.8 Å². The van der Waals surface area contributed by atoms with Gasteiger partial charge in [-0.3, -0.25) is 0 Å². The molecule has 0 aliphatic heterocycles. The summed E-state index contributed by atoms with van der Waals surface area (Å²) in [4.78, 5) is 0. The van der Waals surface area contributed by atoms with Crippen LogP contribution in [-0.4, -0.2) is 56.6 Å². The maximum Gasteiger partial charge on any atom is 0.103 e. The zero-order chi connectivity index (χ0) is 11.1. The molecule has 85 valence electrons. The van der Waals surface area contributed by atoms with E-state index in [4.69, 9.17) is 15.3 Å². The predicted octanol–water partition coefficient (Wildman–Crippen LogP) is -1.57. The summed E-state index contributed by atoms with van der Waals surface area (Å²) < 4.78 is 0. The van der Waals surface area contributed by atoms with E-state index < -0.39 is 31.0 Å². The molecule has 0 aromatic rings. The lowest BCUT2D eigenvalue weighted by Crippen LogP contribution is -2.33. The first-order valence-electron chi connectivity index (χ1n) is 4.69. The molecule has 0 fully saturated rings. The van der Waals surface area contributed by atoms with Crippen LogP contribution in [0.3, 0.4) is 0 Å². The Labute approximate surface area is 83.6 Å². The summed E-state index contributed by atoms with van der Waals surface area (Å²) in [6.45, 7) is 1.19. The smallest absolute Gasteiger partial charge is 0.103 e. The van der Waals surface area contributed by atoms with Crippen molar-refractivity contribution in [2.24, 2.45) is 0 Å². The van der Waals surface area contributed by atoms with Crippen LogP contribution in [0.25, 0.3) is 0 Å². The maximum absolute atomic E-state index is 9.28. The Morgan fingerprint density at radius 2 is 1.57 bits per heavy atom. The molecule has 5 nitrogen and oxygen atoms in total. The topological polar surface area (TPSA) is 101 Å². The van der Waals surface area contributed by atoms with Gasteiger partial charge in [-0.1, -0.05) is 6.92 Å². The highest BCUT2D eigenvalue weighted by Crippen LogP contribution is 2.08. The Hall–Kier alpha value is -0.200.